The molecular weight excluding hydrogens is 412 g/mol. The standard InChI is InChI=1S/C23H22N4O3S/c1-14-8-15(2)10-18(9-14)26-23(29)25-17-4-6-20(7-5-17)31-13-19-12-22(28)27-21(24-19)11-16(3)30-27/h4-12H,13H2,1-3H3,(H2,25,26,29). The molecule has 0 saturated heterocycles. The molecule has 0 fully saturated rings. The molecule has 31 heavy (non-hydrogen) atoms. The summed E-state index contributed by atoms with van der Waals surface area (Å²) in [5.41, 5.74) is 4.60. The van der Waals surface area contributed by atoms with Crippen molar-refractivity contribution in [2.75, 3.05) is 10.6 Å². The van der Waals surface area contributed by atoms with Crippen LogP contribution in [0.15, 0.2) is 68.8 Å². The molecule has 2 aromatic heterocycles. The highest BCUT2D eigenvalue weighted by molar-refractivity contribution is 7.98. The number of carbonyl (C=O) groups is 1. The summed E-state index contributed by atoms with van der Waals surface area (Å²) >= 11 is 1.56. The molecule has 0 aliphatic rings. The van der Waals surface area contributed by atoms with Crippen LogP contribution in [-0.2, 0) is 5.75 Å². The number of thioether (sulfide) groups is 1. The van der Waals surface area contributed by atoms with E-state index in [1.54, 1.807) is 24.8 Å². The van der Waals surface area contributed by atoms with Gasteiger partial charge in [-0.05, 0) is 68.3 Å². The quantitative estimate of drug-likeness (QED) is 0.424. The molecule has 0 unspecified atom stereocenters. The zero-order chi connectivity index (χ0) is 22.0. The second-order valence-corrected chi connectivity index (χ2v) is 8.40. The van der Waals surface area contributed by atoms with Gasteiger partial charge in [0, 0.05) is 34.2 Å². The van der Waals surface area contributed by atoms with Crippen molar-refractivity contribution in [2.24, 2.45) is 0 Å². The minimum Gasteiger partial charge on any atom is -0.375 e. The summed E-state index contributed by atoms with van der Waals surface area (Å²) in [6.45, 7) is 5.76. The largest absolute Gasteiger partial charge is 0.375 e. The van der Waals surface area contributed by atoms with Gasteiger partial charge >= 0.3 is 6.03 Å². The number of urea groups is 1. The van der Waals surface area contributed by atoms with Crippen molar-refractivity contribution in [1.29, 1.82) is 0 Å². The molecule has 0 bridgehead atoms. The third-order valence-corrected chi connectivity index (χ3v) is 5.55. The van der Waals surface area contributed by atoms with E-state index in [4.69, 9.17) is 4.52 Å². The summed E-state index contributed by atoms with van der Waals surface area (Å²) in [7, 11) is 0. The van der Waals surface area contributed by atoms with E-state index >= 15 is 0 Å². The number of benzene rings is 2. The van der Waals surface area contributed by atoms with Crippen LogP contribution in [0.5, 0.6) is 0 Å². The first-order valence-corrected chi connectivity index (χ1v) is 10.7. The Hall–Kier alpha value is -3.52. The maximum atomic E-state index is 12.3. The van der Waals surface area contributed by atoms with E-state index in [2.05, 4.69) is 21.7 Å². The highest BCUT2D eigenvalue weighted by atomic mass is 32.2. The van der Waals surface area contributed by atoms with Crippen molar-refractivity contribution in [3.8, 4) is 0 Å². The Kier molecular flexibility index (Phi) is 5.81. The lowest BCUT2D eigenvalue weighted by Crippen LogP contribution is -2.19. The van der Waals surface area contributed by atoms with E-state index in [1.807, 2.05) is 50.2 Å². The first kappa shape index (κ1) is 20.7. The zero-order valence-electron chi connectivity index (χ0n) is 17.4. The molecular formula is C23H22N4O3S. The van der Waals surface area contributed by atoms with Crippen LogP contribution in [0.4, 0.5) is 16.2 Å². The van der Waals surface area contributed by atoms with Crippen LogP contribution >= 0.6 is 11.8 Å². The molecule has 0 atom stereocenters. The number of carbonyl (C=O) groups excluding carboxylic acids is 1. The summed E-state index contributed by atoms with van der Waals surface area (Å²) in [5, 5.41) is 5.69. The van der Waals surface area contributed by atoms with Crippen molar-refractivity contribution < 1.29 is 9.32 Å². The van der Waals surface area contributed by atoms with Crippen molar-refractivity contribution in [2.45, 2.75) is 31.4 Å². The Labute approximate surface area is 183 Å². The number of hydrogen-bond acceptors (Lipinski definition) is 5. The average Bonchev–Trinajstić information content (AvgIpc) is 3.07. The Bertz CT molecular complexity index is 1290. The molecule has 0 saturated carbocycles. The Morgan fingerprint density at radius 1 is 0.968 bits per heavy atom. The number of nitrogens with one attached hydrogen (secondary N) is 2. The Morgan fingerprint density at radius 2 is 1.65 bits per heavy atom. The SMILES string of the molecule is Cc1cc(C)cc(NC(=O)Nc2ccc(SCc3cc(=O)n4oc(C)cc4n3)cc2)c1. The topological polar surface area (TPSA) is 88.6 Å². The number of nitrogens with zero attached hydrogens (tertiary/aromatic N) is 2. The molecule has 0 aliphatic carbocycles. The minimum atomic E-state index is -0.293. The van der Waals surface area contributed by atoms with Crippen LogP contribution in [0, 0.1) is 20.8 Å². The molecule has 2 heterocycles. The van der Waals surface area contributed by atoms with Gasteiger partial charge in [0.1, 0.15) is 5.76 Å². The lowest BCUT2D eigenvalue weighted by atomic mass is 10.1. The fourth-order valence-corrected chi connectivity index (χ4v) is 4.07. The molecule has 0 radical (unpaired) electrons. The van der Waals surface area contributed by atoms with E-state index in [0.717, 1.165) is 21.7 Å². The number of hydrogen-bond donors (Lipinski definition) is 2. The summed E-state index contributed by atoms with van der Waals surface area (Å²) in [6, 6.07) is 16.4. The summed E-state index contributed by atoms with van der Waals surface area (Å²) < 4.78 is 6.49. The van der Waals surface area contributed by atoms with Gasteiger partial charge in [-0.15, -0.1) is 16.3 Å². The average molecular weight is 435 g/mol. The van der Waals surface area contributed by atoms with Gasteiger partial charge < -0.3 is 15.2 Å². The second kappa shape index (κ2) is 8.69. The fourth-order valence-electron chi connectivity index (χ4n) is 3.28. The summed E-state index contributed by atoms with van der Waals surface area (Å²) in [5.74, 6) is 1.19. The van der Waals surface area contributed by atoms with Crippen LogP contribution in [-0.4, -0.2) is 15.6 Å². The highest BCUT2D eigenvalue weighted by Crippen LogP contribution is 2.24. The third-order valence-electron chi connectivity index (χ3n) is 4.50. The molecule has 2 aromatic carbocycles. The van der Waals surface area contributed by atoms with E-state index in [1.165, 1.54) is 10.6 Å². The van der Waals surface area contributed by atoms with Crippen molar-refractivity contribution in [1.82, 2.24) is 9.56 Å². The van der Waals surface area contributed by atoms with Crippen LogP contribution in [0.25, 0.3) is 5.65 Å². The van der Waals surface area contributed by atoms with Gasteiger partial charge in [0.2, 0.25) is 0 Å². The zero-order valence-corrected chi connectivity index (χ0v) is 18.2. The Morgan fingerprint density at radius 3 is 2.35 bits per heavy atom. The number of aryl methyl sites for hydroxylation is 3. The van der Waals surface area contributed by atoms with Gasteiger partial charge in [-0.1, -0.05) is 6.07 Å². The predicted molar refractivity (Wildman–Crippen MR) is 123 cm³/mol. The molecule has 158 valence electrons. The number of amides is 2. The first-order valence-electron chi connectivity index (χ1n) is 9.74. The molecule has 2 N–H and O–H groups in total. The predicted octanol–water partition coefficient (Wildman–Crippen LogP) is 5.15. The van der Waals surface area contributed by atoms with Gasteiger partial charge in [-0.2, -0.15) is 0 Å². The smallest absolute Gasteiger partial charge is 0.323 e. The van der Waals surface area contributed by atoms with Gasteiger partial charge in [0.05, 0.1) is 5.69 Å². The summed E-state index contributed by atoms with van der Waals surface area (Å²) in [6.07, 6.45) is 0. The molecule has 0 spiro atoms. The van der Waals surface area contributed by atoms with Crippen molar-refractivity contribution in [3.63, 3.8) is 0 Å². The maximum Gasteiger partial charge on any atom is 0.323 e. The number of aromatic nitrogens is 2. The fraction of sp³-hybridized carbons (Fsp3) is 0.174. The monoisotopic (exact) mass is 434 g/mol. The molecule has 4 aromatic rings. The van der Waals surface area contributed by atoms with E-state index in [-0.39, 0.29) is 11.6 Å². The van der Waals surface area contributed by atoms with Gasteiger partial charge in [-0.25, -0.2) is 9.78 Å². The van der Waals surface area contributed by atoms with Crippen LogP contribution in [0.3, 0.4) is 0 Å². The van der Waals surface area contributed by atoms with E-state index in [0.29, 0.717) is 28.5 Å². The lowest BCUT2D eigenvalue weighted by Gasteiger charge is -2.10. The Balaban J connectivity index is 1.36. The molecule has 8 heteroatoms. The van der Waals surface area contributed by atoms with Crippen LogP contribution in [0.1, 0.15) is 22.6 Å². The van der Waals surface area contributed by atoms with Crippen LogP contribution in [0.2, 0.25) is 0 Å². The van der Waals surface area contributed by atoms with Gasteiger partial charge in [0.25, 0.3) is 5.56 Å². The summed E-state index contributed by atoms with van der Waals surface area (Å²) in [4.78, 5) is 29.8. The molecule has 4 rings (SSSR count). The van der Waals surface area contributed by atoms with Gasteiger partial charge in [-0.3, -0.25) is 4.79 Å². The van der Waals surface area contributed by atoms with Crippen LogP contribution < -0.4 is 16.2 Å². The molecule has 0 aliphatic heterocycles. The second-order valence-electron chi connectivity index (χ2n) is 7.35. The van der Waals surface area contributed by atoms with Gasteiger partial charge in [0.15, 0.2) is 5.65 Å². The highest BCUT2D eigenvalue weighted by Gasteiger charge is 2.08. The first-order chi connectivity index (χ1) is 14.9. The van der Waals surface area contributed by atoms with E-state index < -0.39 is 0 Å². The normalized spacial score (nSPS) is 10.9. The molecule has 7 nitrogen and oxygen atoms in total. The number of fused-ring (bicyclic) bond motifs is 1. The van der Waals surface area contributed by atoms with Crippen molar-refractivity contribution in [3.05, 3.63) is 87.5 Å². The van der Waals surface area contributed by atoms with E-state index in [9.17, 15) is 9.59 Å². The maximum absolute atomic E-state index is 12.3. The molecule has 2 amide bonds. The lowest BCUT2D eigenvalue weighted by molar-refractivity contribution is 0.262. The van der Waals surface area contributed by atoms with Crippen molar-refractivity contribution >= 4 is 34.8 Å². The number of rotatable bonds is 5. The minimum absolute atomic E-state index is 0.233. The third kappa shape index (κ3) is 5.16. The number of anilines is 2.